The molecule has 2 saturated carbocycles. The van der Waals surface area contributed by atoms with Crippen LogP contribution in [-0.4, -0.2) is 0 Å². The summed E-state index contributed by atoms with van der Waals surface area (Å²) in [4.78, 5) is 0. The summed E-state index contributed by atoms with van der Waals surface area (Å²) in [5.41, 5.74) is 21.5. The molecule has 0 bridgehead atoms. The lowest BCUT2D eigenvalue weighted by Gasteiger charge is -2.33. The van der Waals surface area contributed by atoms with E-state index < -0.39 is 0 Å². The Morgan fingerprint density at radius 3 is 1.43 bits per heavy atom. The first-order valence-electron chi connectivity index (χ1n) is 11.6. The molecule has 1 aromatic carbocycles. The van der Waals surface area contributed by atoms with Gasteiger partial charge in [-0.25, -0.2) is 0 Å². The van der Waals surface area contributed by atoms with E-state index in [1.165, 1.54) is 86.5 Å². The lowest BCUT2D eigenvalue weighted by atomic mass is 9.74. The van der Waals surface area contributed by atoms with Gasteiger partial charge in [-0.05, 0) is 80.9 Å². The summed E-state index contributed by atoms with van der Waals surface area (Å²) in [6.07, 6.45) is 23.8. The maximum atomic E-state index is 6.93. The van der Waals surface area contributed by atoms with Crippen molar-refractivity contribution in [2.45, 2.75) is 103 Å². The smallest absolute Gasteiger partial charge is 0.0408 e. The minimum Gasteiger partial charge on any atom is -0.398 e. The molecular formula is C26H40N2. The van der Waals surface area contributed by atoms with Crippen molar-refractivity contribution >= 4 is 11.4 Å². The molecule has 0 atom stereocenters. The quantitative estimate of drug-likeness (QED) is 0.405. The van der Waals surface area contributed by atoms with Crippen molar-refractivity contribution in [1.82, 2.24) is 0 Å². The minimum absolute atomic E-state index is 0.544. The van der Waals surface area contributed by atoms with Gasteiger partial charge in [0, 0.05) is 16.9 Å². The van der Waals surface area contributed by atoms with Gasteiger partial charge in [0.1, 0.15) is 0 Å². The second-order valence-corrected chi connectivity index (χ2v) is 8.83. The van der Waals surface area contributed by atoms with Crippen LogP contribution in [0.5, 0.6) is 0 Å². The Hall–Kier alpha value is -1.70. The fourth-order valence-electron chi connectivity index (χ4n) is 5.57. The lowest BCUT2D eigenvalue weighted by Crippen LogP contribution is -2.19. The first kappa shape index (κ1) is 21.0. The van der Waals surface area contributed by atoms with Gasteiger partial charge in [0.25, 0.3) is 0 Å². The van der Waals surface area contributed by atoms with Crippen LogP contribution in [0.1, 0.15) is 112 Å². The summed E-state index contributed by atoms with van der Waals surface area (Å²) in [5.74, 6) is 1.17. The van der Waals surface area contributed by atoms with Gasteiger partial charge in [-0.15, -0.1) is 0 Å². The molecule has 0 radical (unpaired) electrons. The summed E-state index contributed by atoms with van der Waals surface area (Å²) in [5, 5.41) is 0. The highest BCUT2D eigenvalue weighted by atomic mass is 14.7. The van der Waals surface area contributed by atoms with E-state index in [9.17, 15) is 0 Å². The highest BCUT2D eigenvalue weighted by Gasteiger charge is 2.29. The van der Waals surface area contributed by atoms with Gasteiger partial charge >= 0.3 is 0 Å². The summed E-state index contributed by atoms with van der Waals surface area (Å²) < 4.78 is 0. The molecule has 2 aliphatic rings. The van der Waals surface area contributed by atoms with Crippen molar-refractivity contribution < 1.29 is 0 Å². The number of rotatable bonds is 6. The normalized spacial score (nSPS) is 19.8. The Labute approximate surface area is 172 Å². The van der Waals surface area contributed by atoms with Gasteiger partial charge in [-0.2, -0.15) is 0 Å². The number of nitrogens with two attached hydrogens (primary N) is 2. The van der Waals surface area contributed by atoms with Crippen molar-refractivity contribution in [2.75, 3.05) is 11.5 Å². The van der Waals surface area contributed by atoms with Crippen molar-refractivity contribution in [3.05, 3.63) is 46.6 Å². The van der Waals surface area contributed by atoms with Crippen LogP contribution in [0, 0.1) is 0 Å². The Balaban J connectivity index is 2.18. The average molecular weight is 381 g/mol. The maximum Gasteiger partial charge on any atom is 0.0408 e. The molecule has 0 aromatic heterocycles. The third-order valence-electron chi connectivity index (χ3n) is 7.02. The highest BCUT2D eigenvalue weighted by Crippen LogP contribution is 2.47. The van der Waals surface area contributed by atoms with E-state index in [0.717, 1.165) is 24.2 Å². The number of hydrogen-bond donors (Lipinski definition) is 2. The van der Waals surface area contributed by atoms with Crippen LogP contribution in [0.4, 0.5) is 11.4 Å². The van der Waals surface area contributed by atoms with Gasteiger partial charge in [-0.1, -0.05) is 62.8 Å². The van der Waals surface area contributed by atoms with Gasteiger partial charge in [-0.3, -0.25) is 0 Å². The van der Waals surface area contributed by atoms with E-state index in [2.05, 4.69) is 38.2 Å². The maximum absolute atomic E-state index is 6.93. The van der Waals surface area contributed by atoms with E-state index in [1.54, 1.807) is 0 Å². The fourth-order valence-corrected chi connectivity index (χ4v) is 5.57. The summed E-state index contributed by atoms with van der Waals surface area (Å²) in [6.45, 7) is 4.22. The van der Waals surface area contributed by atoms with Gasteiger partial charge in [0.2, 0.25) is 0 Å². The number of hydrogen-bond acceptors (Lipinski definition) is 2. The summed E-state index contributed by atoms with van der Waals surface area (Å²) >= 11 is 0. The zero-order chi connectivity index (χ0) is 19.9. The van der Waals surface area contributed by atoms with Crippen LogP contribution < -0.4 is 11.5 Å². The molecule has 2 nitrogen and oxygen atoms in total. The minimum atomic E-state index is 0.544. The van der Waals surface area contributed by atoms with Crippen molar-refractivity contribution in [3.63, 3.8) is 0 Å². The van der Waals surface area contributed by atoms with Crippen LogP contribution in [-0.2, 0) is 12.8 Å². The fraction of sp³-hybridized carbons (Fsp3) is 0.615. The van der Waals surface area contributed by atoms with Crippen molar-refractivity contribution in [2.24, 2.45) is 0 Å². The van der Waals surface area contributed by atoms with Crippen LogP contribution in [0.15, 0.2) is 24.3 Å². The predicted molar refractivity (Wildman–Crippen MR) is 124 cm³/mol. The van der Waals surface area contributed by atoms with Crippen molar-refractivity contribution in [3.8, 4) is 0 Å². The molecule has 0 saturated heterocycles. The molecule has 3 rings (SSSR count). The van der Waals surface area contributed by atoms with Gasteiger partial charge in [0.05, 0.1) is 0 Å². The Morgan fingerprint density at radius 2 is 1.04 bits per heavy atom. The second kappa shape index (κ2) is 10.2. The topological polar surface area (TPSA) is 52.0 Å². The molecule has 154 valence electrons. The Morgan fingerprint density at radius 1 is 0.643 bits per heavy atom. The second-order valence-electron chi connectivity index (χ2n) is 8.83. The van der Waals surface area contributed by atoms with E-state index in [0.29, 0.717) is 11.8 Å². The summed E-state index contributed by atoms with van der Waals surface area (Å²) in [6, 6.07) is 0. The lowest BCUT2D eigenvalue weighted by molar-refractivity contribution is 0.437. The third kappa shape index (κ3) is 4.47. The molecule has 1 aromatic rings. The number of allylic oxidation sites excluding steroid dienone is 4. The molecule has 0 spiro atoms. The van der Waals surface area contributed by atoms with Crippen LogP contribution in [0.2, 0.25) is 0 Å². The molecular weight excluding hydrogens is 340 g/mol. The predicted octanol–water partition coefficient (Wildman–Crippen LogP) is 7.18. The number of nitrogen functional groups attached to an aromatic ring is 2. The molecule has 0 heterocycles. The Kier molecular flexibility index (Phi) is 7.65. The molecule has 0 aliphatic heterocycles. The van der Waals surface area contributed by atoms with Crippen LogP contribution in [0.25, 0.3) is 0 Å². The van der Waals surface area contributed by atoms with E-state index in [1.807, 2.05) is 0 Å². The molecule has 0 amide bonds. The monoisotopic (exact) mass is 380 g/mol. The number of anilines is 2. The van der Waals surface area contributed by atoms with Crippen LogP contribution >= 0.6 is 0 Å². The van der Waals surface area contributed by atoms with E-state index >= 15 is 0 Å². The summed E-state index contributed by atoms with van der Waals surface area (Å²) in [7, 11) is 0. The van der Waals surface area contributed by atoms with E-state index in [4.69, 9.17) is 11.5 Å². The van der Waals surface area contributed by atoms with Crippen LogP contribution in [0.3, 0.4) is 0 Å². The zero-order valence-corrected chi connectivity index (χ0v) is 18.1. The van der Waals surface area contributed by atoms with Gasteiger partial charge < -0.3 is 11.5 Å². The standard InChI is InChI=1S/C26H40N2/c1-3-5-17-21-23(19-13-9-7-10-14-19)22(18-6-4-2)26(28)24(25(21)27)20-15-11-8-12-16-20/h3-6,19-20H,7-18,27-28H2,1-2H3. The molecule has 0 unspecified atom stereocenters. The average Bonchev–Trinajstić information content (AvgIpc) is 2.73. The molecule has 2 heteroatoms. The molecule has 2 aliphatic carbocycles. The zero-order valence-electron chi connectivity index (χ0n) is 18.1. The van der Waals surface area contributed by atoms with Gasteiger partial charge in [0.15, 0.2) is 0 Å². The largest absolute Gasteiger partial charge is 0.398 e. The highest BCUT2D eigenvalue weighted by molar-refractivity contribution is 5.74. The van der Waals surface area contributed by atoms with E-state index in [-0.39, 0.29) is 0 Å². The first-order valence-corrected chi connectivity index (χ1v) is 11.6. The number of benzene rings is 1. The Bertz CT molecular complexity index is 661. The molecule has 2 fully saturated rings. The molecule has 28 heavy (non-hydrogen) atoms. The third-order valence-corrected chi connectivity index (χ3v) is 7.02. The van der Waals surface area contributed by atoms with Crippen molar-refractivity contribution in [1.29, 1.82) is 0 Å². The first-order chi connectivity index (χ1) is 13.7. The molecule has 4 N–H and O–H groups in total. The SMILES string of the molecule is CC=CCc1c(N)c(C2CCCCC2)c(N)c(CC=CC)c1C1CCCCC1.